The van der Waals surface area contributed by atoms with Crippen molar-refractivity contribution >= 4 is 16.8 Å². The normalized spacial score (nSPS) is 20.6. The summed E-state index contributed by atoms with van der Waals surface area (Å²) >= 11 is 0. The molecule has 1 aliphatic rings. The summed E-state index contributed by atoms with van der Waals surface area (Å²) in [6.07, 6.45) is 0.627. The highest BCUT2D eigenvalue weighted by Gasteiger charge is 2.25. The van der Waals surface area contributed by atoms with E-state index >= 15 is 0 Å². The van der Waals surface area contributed by atoms with Crippen LogP contribution in [0.1, 0.15) is 29.3 Å². The Hall–Kier alpha value is -1.68. The minimum Gasteiger partial charge on any atom is -0.342 e. The van der Waals surface area contributed by atoms with E-state index in [9.17, 15) is 4.79 Å². The Bertz CT molecular complexity index is 615. The Morgan fingerprint density at radius 1 is 1.33 bits per heavy atom. The summed E-state index contributed by atoms with van der Waals surface area (Å²) in [5.41, 5.74) is 4.27. The van der Waals surface area contributed by atoms with E-state index in [1.807, 2.05) is 6.92 Å². The second-order valence-corrected chi connectivity index (χ2v) is 5.02. The number of hydrogen-bond acceptors (Lipinski definition) is 3. The summed E-state index contributed by atoms with van der Waals surface area (Å²) in [4.78, 5) is 19.7. The third-order valence-corrected chi connectivity index (χ3v) is 3.65. The third-order valence-electron chi connectivity index (χ3n) is 3.65. The molecule has 1 atom stereocenters. The minimum absolute atomic E-state index is 0.0137. The zero-order chi connectivity index (χ0) is 12.7. The lowest BCUT2D eigenvalue weighted by Gasteiger charge is -2.23. The average molecular weight is 243 g/mol. The van der Waals surface area contributed by atoms with E-state index in [1.165, 1.54) is 0 Å². The number of nitrogens with zero attached hydrogens (tertiary/aromatic N) is 1. The Kier molecular flexibility index (Phi) is 2.67. The molecule has 1 unspecified atom stereocenters. The number of benzene rings is 1. The van der Waals surface area contributed by atoms with Crippen LogP contribution in [0, 0.1) is 13.8 Å². The third kappa shape index (κ3) is 1.82. The molecule has 0 aliphatic carbocycles. The van der Waals surface area contributed by atoms with Gasteiger partial charge in [-0.05, 0) is 37.1 Å². The fourth-order valence-electron chi connectivity index (χ4n) is 2.71. The van der Waals surface area contributed by atoms with Crippen molar-refractivity contribution in [1.29, 1.82) is 0 Å². The first-order valence-corrected chi connectivity index (χ1v) is 6.35. The molecule has 0 spiro atoms. The number of carbonyl (C=O) groups excluding carboxylic acids is 1. The number of nitrogens with one attached hydrogen (secondary N) is 2. The summed E-state index contributed by atoms with van der Waals surface area (Å²) in [6, 6.07) is 4.15. The topological polar surface area (TPSA) is 57.8 Å². The van der Waals surface area contributed by atoms with E-state index in [0.29, 0.717) is 12.2 Å². The second-order valence-electron chi connectivity index (χ2n) is 5.02. The number of aryl methyl sites for hydroxylation is 2. The predicted molar refractivity (Wildman–Crippen MR) is 70.8 cm³/mol. The van der Waals surface area contributed by atoms with E-state index in [2.05, 4.69) is 34.3 Å². The van der Waals surface area contributed by atoms with E-state index in [-0.39, 0.29) is 5.92 Å². The Labute approximate surface area is 106 Å². The zero-order valence-corrected chi connectivity index (χ0v) is 10.7. The molecule has 2 N–H and O–H groups in total. The maximum Gasteiger partial charge on any atom is 0.142 e. The Morgan fingerprint density at radius 3 is 2.94 bits per heavy atom. The molecule has 1 fully saturated rings. The number of hydrogen-bond donors (Lipinski definition) is 2. The molecule has 0 saturated carbocycles. The molecule has 4 heteroatoms. The SMILES string of the molecule is Cc1nc2cc(C3CNCCC3=O)c(C)cc2[nH]1. The number of carbonyl (C=O) groups is 1. The molecule has 1 aliphatic heterocycles. The quantitative estimate of drug-likeness (QED) is 0.803. The van der Waals surface area contributed by atoms with Crippen molar-refractivity contribution < 1.29 is 4.79 Å². The van der Waals surface area contributed by atoms with Crippen molar-refractivity contribution in [2.24, 2.45) is 0 Å². The van der Waals surface area contributed by atoms with Gasteiger partial charge in [0.15, 0.2) is 0 Å². The zero-order valence-electron chi connectivity index (χ0n) is 10.7. The van der Waals surface area contributed by atoms with Gasteiger partial charge in [0.05, 0.1) is 17.0 Å². The van der Waals surface area contributed by atoms with Crippen LogP contribution in [-0.2, 0) is 4.79 Å². The molecule has 0 amide bonds. The number of aromatic nitrogens is 2. The van der Waals surface area contributed by atoms with Crippen LogP contribution in [0.3, 0.4) is 0 Å². The molecule has 18 heavy (non-hydrogen) atoms. The van der Waals surface area contributed by atoms with E-state index in [0.717, 1.165) is 41.1 Å². The van der Waals surface area contributed by atoms with Crippen molar-refractivity contribution in [1.82, 2.24) is 15.3 Å². The number of imidazole rings is 1. The molecule has 94 valence electrons. The lowest BCUT2D eigenvalue weighted by Crippen LogP contribution is -2.35. The van der Waals surface area contributed by atoms with Crippen LogP contribution in [0.25, 0.3) is 11.0 Å². The smallest absolute Gasteiger partial charge is 0.142 e. The predicted octanol–water partition coefficient (Wildman–Crippen LogP) is 1.83. The van der Waals surface area contributed by atoms with Crippen LogP contribution in [0.15, 0.2) is 12.1 Å². The summed E-state index contributed by atoms with van der Waals surface area (Å²) in [6.45, 7) is 5.56. The van der Waals surface area contributed by atoms with Crippen LogP contribution in [0.4, 0.5) is 0 Å². The number of aromatic amines is 1. The number of rotatable bonds is 1. The number of Topliss-reactive ketones (excluding diaryl/α,β-unsaturated/α-hetero) is 1. The van der Waals surface area contributed by atoms with Gasteiger partial charge in [0.1, 0.15) is 11.6 Å². The number of H-pyrrole nitrogens is 1. The van der Waals surface area contributed by atoms with Gasteiger partial charge in [-0.25, -0.2) is 4.98 Å². The fraction of sp³-hybridized carbons (Fsp3) is 0.429. The Balaban J connectivity index is 2.09. The molecule has 3 rings (SSSR count). The molecular formula is C14H17N3O. The molecule has 0 radical (unpaired) electrons. The van der Waals surface area contributed by atoms with Gasteiger partial charge in [-0.15, -0.1) is 0 Å². The van der Waals surface area contributed by atoms with Gasteiger partial charge in [-0.1, -0.05) is 0 Å². The highest BCUT2D eigenvalue weighted by molar-refractivity contribution is 5.89. The molecule has 2 aromatic rings. The molecule has 1 saturated heterocycles. The molecule has 0 bridgehead atoms. The van der Waals surface area contributed by atoms with Crippen LogP contribution in [-0.4, -0.2) is 28.8 Å². The molecule has 4 nitrogen and oxygen atoms in total. The molecular weight excluding hydrogens is 226 g/mol. The molecule has 1 aromatic carbocycles. The van der Waals surface area contributed by atoms with Gasteiger partial charge in [-0.2, -0.15) is 0 Å². The molecule has 2 heterocycles. The lowest BCUT2D eigenvalue weighted by atomic mass is 9.87. The van der Waals surface area contributed by atoms with Gasteiger partial charge in [0, 0.05) is 19.5 Å². The first-order valence-electron chi connectivity index (χ1n) is 6.35. The summed E-state index contributed by atoms with van der Waals surface area (Å²) < 4.78 is 0. The monoisotopic (exact) mass is 243 g/mol. The largest absolute Gasteiger partial charge is 0.342 e. The van der Waals surface area contributed by atoms with E-state index < -0.39 is 0 Å². The van der Waals surface area contributed by atoms with Crippen molar-refractivity contribution in [3.05, 3.63) is 29.1 Å². The minimum atomic E-state index is -0.0137. The number of piperidine rings is 1. The van der Waals surface area contributed by atoms with Crippen molar-refractivity contribution in [2.75, 3.05) is 13.1 Å². The standard InChI is InChI=1S/C14H17N3O/c1-8-5-12-13(17-9(2)16-12)6-10(8)11-7-15-4-3-14(11)18/h5-6,11,15H,3-4,7H2,1-2H3,(H,16,17). The van der Waals surface area contributed by atoms with E-state index in [1.54, 1.807) is 0 Å². The second kappa shape index (κ2) is 4.21. The van der Waals surface area contributed by atoms with Gasteiger partial charge >= 0.3 is 0 Å². The van der Waals surface area contributed by atoms with Crippen LogP contribution in [0.5, 0.6) is 0 Å². The van der Waals surface area contributed by atoms with Crippen LogP contribution < -0.4 is 5.32 Å². The first kappa shape index (κ1) is 11.4. The maximum absolute atomic E-state index is 12.0. The first-order chi connectivity index (χ1) is 8.65. The van der Waals surface area contributed by atoms with Gasteiger partial charge in [0.25, 0.3) is 0 Å². The summed E-state index contributed by atoms with van der Waals surface area (Å²) in [5, 5.41) is 3.30. The number of ketones is 1. The van der Waals surface area contributed by atoms with Crippen molar-refractivity contribution in [3.8, 4) is 0 Å². The summed E-state index contributed by atoms with van der Waals surface area (Å²) in [5.74, 6) is 1.23. The van der Waals surface area contributed by atoms with Crippen molar-refractivity contribution in [2.45, 2.75) is 26.2 Å². The fourth-order valence-corrected chi connectivity index (χ4v) is 2.71. The highest BCUT2D eigenvalue weighted by Crippen LogP contribution is 2.27. The van der Waals surface area contributed by atoms with Crippen LogP contribution >= 0.6 is 0 Å². The van der Waals surface area contributed by atoms with E-state index in [4.69, 9.17) is 0 Å². The summed E-state index contributed by atoms with van der Waals surface area (Å²) in [7, 11) is 0. The highest BCUT2D eigenvalue weighted by atomic mass is 16.1. The Morgan fingerprint density at radius 2 is 2.17 bits per heavy atom. The average Bonchev–Trinajstić information content (AvgIpc) is 2.68. The lowest BCUT2D eigenvalue weighted by molar-refractivity contribution is -0.121. The van der Waals surface area contributed by atoms with Gasteiger partial charge in [0.2, 0.25) is 0 Å². The van der Waals surface area contributed by atoms with Crippen LogP contribution in [0.2, 0.25) is 0 Å². The van der Waals surface area contributed by atoms with Crippen molar-refractivity contribution in [3.63, 3.8) is 0 Å². The van der Waals surface area contributed by atoms with Gasteiger partial charge < -0.3 is 10.3 Å². The molecule has 1 aromatic heterocycles. The number of fused-ring (bicyclic) bond motifs is 1. The van der Waals surface area contributed by atoms with Gasteiger partial charge in [-0.3, -0.25) is 4.79 Å². The maximum atomic E-state index is 12.0.